The zero-order valence-electron chi connectivity index (χ0n) is 22.6. The third-order valence-electron chi connectivity index (χ3n) is 7.28. The Bertz CT molecular complexity index is 1100. The molecule has 0 saturated carbocycles. The standard InChI is InChI=1S/C29H41N3O3S/c1-7-20-17-22(8-9-24(20)21-10-13-31(6)14-11-21)25-16-19(2)26(36-25)27(33)32-15-12-23(18-32)30-28(34)35-29(3,4)5/h8-9,16-17,21,23H,7,10-15,18H2,1-6H3,(H,30,34)/t23-/m0/s1. The maximum absolute atomic E-state index is 13.4. The van der Waals surface area contributed by atoms with Crippen molar-refractivity contribution in [3.63, 3.8) is 0 Å². The smallest absolute Gasteiger partial charge is 0.407 e. The Morgan fingerprint density at radius 3 is 2.50 bits per heavy atom. The maximum Gasteiger partial charge on any atom is 0.407 e. The summed E-state index contributed by atoms with van der Waals surface area (Å²) in [5, 5.41) is 2.91. The molecule has 0 radical (unpaired) electrons. The molecule has 4 rings (SSSR count). The lowest BCUT2D eigenvalue weighted by Gasteiger charge is -2.30. The summed E-state index contributed by atoms with van der Waals surface area (Å²) in [5.74, 6) is 0.695. The second kappa shape index (κ2) is 10.9. The number of hydrogen-bond acceptors (Lipinski definition) is 5. The van der Waals surface area contributed by atoms with Gasteiger partial charge in [-0.25, -0.2) is 4.79 Å². The zero-order valence-corrected chi connectivity index (χ0v) is 23.5. The SMILES string of the molecule is CCc1cc(-c2cc(C)c(C(=O)N3CC[C@H](NC(=O)OC(C)(C)C)C3)s2)ccc1C1CCN(C)CC1. The van der Waals surface area contributed by atoms with Crippen LogP contribution in [-0.2, 0) is 11.2 Å². The average Bonchev–Trinajstić information content (AvgIpc) is 3.44. The number of rotatable bonds is 5. The Morgan fingerprint density at radius 2 is 1.83 bits per heavy atom. The summed E-state index contributed by atoms with van der Waals surface area (Å²) in [6, 6.07) is 8.97. The summed E-state index contributed by atoms with van der Waals surface area (Å²) >= 11 is 1.58. The number of nitrogens with zero attached hydrogens (tertiary/aromatic N) is 2. The third-order valence-corrected chi connectivity index (χ3v) is 8.55. The Balaban J connectivity index is 1.44. The summed E-state index contributed by atoms with van der Waals surface area (Å²) in [4.78, 5) is 31.7. The molecular weight excluding hydrogens is 470 g/mol. The minimum atomic E-state index is -0.536. The molecular formula is C29H41N3O3S. The van der Waals surface area contributed by atoms with Crippen molar-refractivity contribution >= 4 is 23.3 Å². The second-order valence-electron chi connectivity index (χ2n) is 11.4. The van der Waals surface area contributed by atoms with E-state index in [0.29, 0.717) is 19.0 Å². The molecule has 1 aromatic heterocycles. The molecule has 1 atom stereocenters. The van der Waals surface area contributed by atoms with Crippen molar-refractivity contribution in [3.8, 4) is 10.4 Å². The minimum absolute atomic E-state index is 0.0518. The van der Waals surface area contributed by atoms with Gasteiger partial charge in [0.2, 0.25) is 0 Å². The van der Waals surface area contributed by atoms with Gasteiger partial charge in [0.1, 0.15) is 5.60 Å². The number of amides is 2. The van der Waals surface area contributed by atoms with Crippen LogP contribution >= 0.6 is 11.3 Å². The Hall–Kier alpha value is -2.38. The van der Waals surface area contributed by atoms with Gasteiger partial charge in [0, 0.05) is 18.0 Å². The number of piperidine rings is 1. The van der Waals surface area contributed by atoms with Crippen molar-refractivity contribution in [2.75, 3.05) is 33.2 Å². The number of aryl methyl sites for hydroxylation is 2. The molecule has 36 heavy (non-hydrogen) atoms. The molecule has 0 aliphatic carbocycles. The van der Waals surface area contributed by atoms with Gasteiger partial charge in [-0.05, 0) is 108 Å². The Morgan fingerprint density at radius 1 is 1.11 bits per heavy atom. The van der Waals surface area contributed by atoms with Crippen LogP contribution in [0.5, 0.6) is 0 Å². The van der Waals surface area contributed by atoms with Crippen molar-refractivity contribution in [1.29, 1.82) is 0 Å². The van der Waals surface area contributed by atoms with Crippen LogP contribution < -0.4 is 5.32 Å². The highest BCUT2D eigenvalue weighted by molar-refractivity contribution is 7.17. The highest BCUT2D eigenvalue weighted by atomic mass is 32.1. The largest absolute Gasteiger partial charge is 0.444 e. The zero-order chi connectivity index (χ0) is 26.0. The number of benzene rings is 1. The molecule has 0 spiro atoms. The molecule has 2 saturated heterocycles. The molecule has 7 heteroatoms. The quantitative estimate of drug-likeness (QED) is 0.548. The number of ether oxygens (including phenoxy) is 1. The van der Waals surface area contributed by atoms with Crippen LogP contribution in [0.3, 0.4) is 0 Å². The topological polar surface area (TPSA) is 61.9 Å². The van der Waals surface area contributed by atoms with E-state index in [2.05, 4.69) is 48.5 Å². The monoisotopic (exact) mass is 511 g/mol. The lowest BCUT2D eigenvalue weighted by Crippen LogP contribution is -2.41. The number of alkyl carbamates (subject to hydrolysis) is 1. The predicted molar refractivity (Wildman–Crippen MR) is 147 cm³/mol. The molecule has 6 nitrogen and oxygen atoms in total. The first kappa shape index (κ1) is 26.7. The Labute approximate surface area is 220 Å². The van der Waals surface area contributed by atoms with E-state index in [4.69, 9.17) is 4.74 Å². The normalized spacial score (nSPS) is 19.5. The van der Waals surface area contributed by atoms with Crippen LogP contribution in [-0.4, -0.2) is 66.7 Å². The van der Waals surface area contributed by atoms with Crippen LogP contribution in [0.2, 0.25) is 0 Å². The van der Waals surface area contributed by atoms with E-state index in [1.54, 1.807) is 11.3 Å². The van der Waals surface area contributed by atoms with E-state index in [-0.39, 0.29) is 11.9 Å². The van der Waals surface area contributed by atoms with Crippen LogP contribution in [0.15, 0.2) is 24.3 Å². The van der Waals surface area contributed by atoms with Gasteiger partial charge in [-0.15, -0.1) is 11.3 Å². The molecule has 196 valence electrons. The molecule has 2 aliphatic heterocycles. The molecule has 1 N–H and O–H groups in total. The minimum Gasteiger partial charge on any atom is -0.444 e. The summed E-state index contributed by atoms with van der Waals surface area (Å²) < 4.78 is 5.37. The van der Waals surface area contributed by atoms with Gasteiger partial charge in [-0.1, -0.05) is 25.1 Å². The van der Waals surface area contributed by atoms with Gasteiger partial charge < -0.3 is 19.9 Å². The van der Waals surface area contributed by atoms with E-state index in [9.17, 15) is 9.59 Å². The van der Waals surface area contributed by atoms with Gasteiger partial charge in [-0.2, -0.15) is 0 Å². The van der Waals surface area contributed by atoms with Gasteiger partial charge in [-0.3, -0.25) is 4.79 Å². The summed E-state index contributed by atoms with van der Waals surface area (Å²) in [6.45, 7) is 13.3. The van der Waals surface area contributed by atoms with Gasteiger partial charge >= 0.3 is 6.09 Å². The molecule has 0 unspecified atom stereocenters. The van der Waals surface area contributed by atoms with Gasteiger partial charge in [0.15, 0.2) is 0 Å². The van der Waals surface area contributed by atoms with Gasteiger partial charge in [0.25, 0.3) is 5.91 Å². The lowest BCUT2D eigenvalue weighted by molar-refractivity contribution is 0.0502. The maximum atomic E-state index is 13.4. The number of hydrogen-bond donors (Lipinski definition) is 1. The molecule has 2 fully saturated rings. The molecule has 3 heterocycles. The summed E-state index contributed by atoms with van der Waals surface area (Å²) in [6.07, 6.45) is 3.77. The number of nitrogens with one attached hydrogen (secondary N) is 1. The van der Waals surface area contributed by atoms with E-state index in [1.165, 1.54) is 29.5 Å². The van der Waals surface area contributed by atoms with Crippen LogP contribution in [0, 0.1) is 6.92 Å². The first-order valence-corrected chi connectivity index (χ1v) is 14.1. The van der Waals surface area contributed by atoms with Crippen molar-refractivity contribution in [3.05, 3.63) is 45.8 Å². The second-order valence-corrected chi connectivity index (χ2v) is 12.4. The molecule has 2 aromatic rings. The number of carbonyl (C=O) groups excluding carboxylic acids is 2. The van der Waals surface area contributed by atoms with E-state index in [0.717, 1.165) is 41.2 Å². The molecule has 1 aromatic carbocycles. The van der Waals surface area contributed by atoms with E-state index >= 15 is 0 Å². The lowest BCUT2D eigenvalue weighted by atomic mass is 9.85. The highest BCUT2D eigenvalue weighted by Gasteiger charge is 2.31. The number of carbonyl (C=O) groups is 2. The van der Waals surface area contributed by atoms with Crippen LogP contribution in [0.25, 0.3) is 10.4 Å². The summed E-state index contributed by atoms with van der Waals surface area (Å²) in [5.41, 5.74) is 4.60. The Kier molecular flexibility index (Phi) is 8.10. The molecule has 0 bridgehead atoms. The van der Waals surface area contributed by atoms with Crippen molar-refractivity contribution in [1.82, 2.24) is 15.1 Å². The third kappa shape index (κ3) is 6.30. The van der Waals surface area contributed by atoms with Crippen LogP contribution in [0.1, 0.15) is 79.2 Å². The van der Waals surface area contributed by atoms with E-state index in [1.807, 2.05) is 32.6 Å². The first-order chi connectivity index (χ1) is 17.0. The fourth-order valence-corrected chi connectivity index (χ4v) is 6.44. The highest BCUT2D eigenvalue weighted by Crippen LogP contribution is 2.37. The number of likely N-dealkylation sites (tertiary alicyclic amines) is 2. The van der Waals surface area contributed by atoms with Gasteiger partial charge in [0.05, 0.1) is 10.9 Å². The van der Waals surface area contributed by atoms with Crippen molar-refractivity contribution in [2.45, 2.75) is 77.9 Å². The molecule has 2 aliphatic rings. The summed E-state index contributed by atoms with van der Waals surface area (Å²) in [7, 11) is 2.21. The van der Waals surface area contributed by atoms with E-state index < -0.39 is 11.7 Å². The van der Waals surface area contributed by atoms with Crippen LogP contribution in [0.4, 0.5) is 4.79 Å². The van der Waals surface area contributed by atoms with Crippen molar-refractivity contribution < 1.29 is 14.3 Å². The first-order valence-electron chi connectivity index (χ1n) is 13.2. The van der Waals surface area contributed by atoms with Crippen molar-refractivity contribution in [2.24, 2.45) is 0 Å². The fourth-order valence-electron chi connectivity index (χ4n) is 5.30. The fraction of sp³-hybridized carbons (Fsp3) is 0.586. The molecule has 2 amide bonds. The number of thiophene rings is 1. The average molecular weight is 512 g/mol. The predicted octanol–water partition coefficient (Wildman–Crippen LogP) is 5.83.